The second-order valence-electron chi connectivity index (χ2n) is 5.29. The quantitative estimate of drug-likeness (QED) is 0.921. The molecular weight excluding hydrogens is 302 g/mol. The molecule has 0 saturated carbocycles. The van der Waals surface area contributed by atoms with E-state index in [1.165, 1.54) is 31.5 Å². The normalized spacial score (nSPS) is 25.2. The van der Waals surface area contributed by atoms with E-state index in [4.69, 9.17) is 0 Å². The Labute approximate surface area is 124 Å². The fourth-order valence-corrected chi connectivity index (χ4v) is 3.37. The Morgan fingerprint density at radius 2 is 2.26 bits per heavy atom. The van der Waals surface area contributed by atoms with Crippen molar-refractivity contribution in [3.63, 3.8) is 0 Å². The number of hydrogen-bond acceptors (Lipinski definition) is 3. The summed E-state index contributed by atoms with van der Waals surface area (Å²) in [5.74, 6) is 0.654. The van der Waals surface area contributed by atoms with Crippen LogP contribution in [0.3, 0.4) is 0 Å². The summed E-state index contributed by atoms with van der Waals surface area (Å²) < 4.78 is 1.05. The molecule has 0 aromatic carbocycles. The van der Waals surface area contributed by atoms with Gasteiger partial charge in [-0.3, -0.25) is 9.88 Å². The zero-order valence-corrected chi connectivity index (χ0v) is 13.5. The maximum atomic E-state index is 4.66. The van der Waals surface area contributed by atoms with E-state index in [-0.39, 0.29) is 0 Å². The molecule has 1 saturated heterocycles. The van der Waals surface area contributed by atoms with Crippen molar-refractivity contribution in [2.45, 2.75) is 32.2 Å². The highest BCUT2D eigenvalue weighted by atomic mass is 79.9. The first-order chi connectivity index (χ1) is 9.26. The summed E-state index contributed by atoms with van der Waals surface area (Å²) in [6.45, 7) is 5.62. The Bertz CT molecular complexity index is 379. The van der Waals surface area contributed by atoms with Gasteiger partial charge in [-0.05, 0) is 73.5 Å². The van der Waals surface area contributed by atoms with Crippen molar-refractivity contribution in [2.75, 3.05) is 26.7 Å². The number of pyridine rings is 1. The Balaban J connectivity index is 2.28. The molecule has 0 spiro atoms. The van der Waals surface area contributed by atoms with E-state index in [2.05, 4.69) is 50.2 Å². The third kappa shape index (κ3) is 3.77. The molecule has 2 atom stereocenters. The Hall–Kier alpha value is -0.450. The molecular formula is C15H24BrN3. The number of rotatable bonds is 4. The van der Waals surface area contributed by atoms with Crippen LogP contribution < -0.4 is 5.32 Å². The van der Waals surface area contributed by atoms with Gasteiger partial charge in [0, 0.05) is 10.7 Å². The molecule has 1 fully saturated rings. The van der Waals surface area contributed by atoms with Gasteiger partial charge in [-0.2, -0.15) is 0 Å². The molecule has 2 heterocycles. The molecule has 0 radical (unpaired) electrons. The fraction of sp³-hybridized carbons (Fsp3) is 0.667. The lowest BCUT2D eigenvalue weighted by atomic mass is 9.91. The van der Waals surface area contributed by atoms with Crippen LogP contribution in [-0.4, -0.2) is 36.6 Å². The van der Waals surface area contributed by atoms with Crippen molar-refractivity contribution in [1.82, 2.24) is 15.2 Å². The summed E-state index contributed by atoms with van der Waals surface area (Å²) in [6, 6.07) is 4.73. The fourth-order valence-electron chi connectivity index (χ4n) is 3.14. The first kappa shape index (κ1) is 14.9. The van der Waals surface area contributed by atoms with Gasteiger partial charge in [0.1, 0.15) is 0 Å². The van der Waals surface area contributed by atoms with E-state index in [1.807, 2.05) is 13.2 Å². The van der Waals surface area contributed by atoms with Crippen LogP contribution in [0.5, 0.6) is 0 Å². The van der Waals surface area contributed by atoms with E-state index in [0.29, 0.717) is 12.0 Å². The average molecular weight is 326 g/mol. The van der Waals surface area contributed by atoms with Crippen LogP contribution in [0, 0.1) is 5.92 Å². The number of halogens is 1. The summed E-state index contributed by atoms with van der Waals surface area (Å²) in [7, 11) is 2.05. The summed E-state index contributed by atoms with van der Waals surface area (Å²) in [5.41, 5.74) is 1.22. The molecule has 1 N–H and O–H groups in total. The molecule has 2 unspecified atom stereocenters. The van der Waals surface area contributed by atoms with E-state index < -0.39 is 0 Å². The van der Waals surface area contributed by atoms with Crippen LogP contribution in [-0.2, 0) is 0 Å². The molecule has 2 rings (SSSR count). The van der Waals surface area contributed by atoms with Gasteiger partial charge in [-0.1, -0.05) is 13.3 Å². The van der Waals surface area contributed by atoms with Gasteiger partial charge < -0.3 is 5.32 Å². The maximum Gasteiger partial charge on any atom is 0.0579 e. The number of hydrogen-bond donors (Lipinski definition) is 1. The van der Waals surface area contributed by atoms with Crippen LogP contribution >= 0.6 is 15.9 Å². The van der Waals surface area contributed by atoms with E-state index in [9.17, 15) is 0 Å². The first-order valence-corrected chi connectivity index (χ1v) is 8.05. The first-order valence-electron chi connectivity index (χ1n) is 7.26. The van der Waals surface area contributed by atoms with Gasteiger partial charge >= 0.3 is 0 Å². The monoisotopic (exact) mass is 325 g/mol. The Morgan fingerprint density at radius 1 is 1.42 bits per heavy atom. The lowest BCUT2D eigenvalue weighted by molar-refractivity contribution is 0.158. The molecule has 0 amide bonds. The standard InChI is InChI=1S/C15H24BrN3/c1-3-19-9-5-4-6-12(10-17-2)15(19)14-8-7-13(16)11-18-14/h7-8,11-12,15,17H,3-6,9-10H2,1-2H3. The molecule has 1 aliphatic heterocycles. The SMILES string of the molecule is CCN1CCCCC(CNC)C1c1ccc(Br)cn1. The summed E-state index contributed by atoms with van der Waals surface area (Å²) >= 11 is 3.47. The number of aromatic nitrogens is 1. The van der Waals surface area contributed by atoms with E-state index in [0.717, 1.165) is 17.6 Å². The van der Waals surface area contributed by atoms with Crippen molar-refractivity contribution in [3.05, 3.63) is 28.5 Å². The molecule has 1 aromatic rings. The van der Waals surface area contributed by atoms with Crippen LogP contribution in [0.1, 0.15) is 37.9 Å². The second kappa shape index (κ2) is 7.36. The Morgan fingerprint density at radius 3 is 2.89 bits per heavy atom. The minimum atomic E-state index is 0.452. The maximum absolute atomic E-state index is 4.66. The van der Waals surface area contributed by atoms with Gasteiger partial charge in [0.25, 0.3) is 0 Å². The molecule has 0 bridgehead atoms. The molecule has 3 nitrogen and oxygen atoms in total. The number of nitrogens with zero attached hydrogens (tertiary/aromatic N) is 2. The smallest absolute Gasteiger partial charge is 0.0579 e. The molecule has 106 valence electrons. The summed E-state index contributed by atoms with van der Waals surface area (Å²) in [5, 5.41) is 3.36. The summed E-state index contributed by atoms with van der Waals surface area (Å²) in [4.78, 5) is 7.25. The predicted octanol–water partition coefficient (Wildman–Crippen LogP) is 3.23. The van der Waals surface area contributed by atoms with Crippen LogP contribution in [0.2, 0.25) is 0 Å². The number of nitrogens with one attached hydrogen (secondary N) is 1. The van der Waals surface area contributed by atoms with E-state index >= 15 is 0 Å². The molecule has 1 aliphatic rings. The minimum Gasteiger partial charge on any atom is -0.319 e. The molecule has 1 aromatic heterocycles. The average Bonchev–Trinajstić information content (AvgIpc) is 2.62. The third-order valence-corrected chi connectivity index (χ3v) is 4.51. The van der Waals surface area contributed by atoms with Crippen molar-refractivity contribution in [1.29, 1.82) is 0 Å². The van der Waals surface area contributed by atoms with Gasteiger partial charge in [0.05, 0.1) is 11.7 Å². The highest BCUT2D eigenvalue weighted by Crippen LogP contribution is 2.34. The van der Waals surface area contributed by atoms with Crippen molar-refractivity contribution >= 4 is 15.9 Å². The zero-order valence-electron chi connectivity index (χ0n) is 11.9. The predicted molar refractivity (Wildman–Crippen MR) is 83.2 cm³/mol. The van der Waals surface area contributed by atoms with Crippen molar-refractivity contribution in [3.8, 4) is 0 Å². The van der Waals surface area contributed by atoms with Crippen LogP contribution in [0.4, 0.5) is 0 Å². The largest absolute Gasteiger partial charge is 0.319 e. The zero-order chi connectivity index (χ0) is 13.7. The van der Waals surface area contributed by atoms with Crippen molar-refractivity contribution in [2.24, 2.45) is 5.92 Å². The highest BCUT2D eigenvalue weighted by molar-refractivity contribution is 9.10. The van der Waals surface area contributed by atoms with Gasteiger partial charge in [-0.25, -0.2) is 0 Å². The van der Waals surface area contributed by atoms with E-state index in [1.54, 1.807) is 0 Å². The van der Waals surface area contributed by atoms with Gasteiger partial charge in [0.2, 0.25) is 0 Å². The molecule has 19 heavy (non-hydrogen) atoms. The van der Waals surface area contributed by atoms with Crippen molar-refractivity contribution < 1.29 is 0 Å². The van der Waals surface area contributed by atoms with Crippen LogP contribution in [0.15, 0.2) is 22.8 Å². The van der Waals surface area contributed by atoms with Gasteiger partial charge in [-0.15, -0.1) is 0 Å². The lowest BCUT2D eigenvalue weighted by Crippen LogP contribution is -2.36. The van der Waals surface area contributed by atoms with Crippen LogP contribution in [0.25, 0.3) is 0 Å². The second-order valence-corrected chi connectivity index (χ2v) is 6.20. The lowest BCUT2D eigenvalue weighted by Gasteiger charge is -2.34. The molecule has 0 aliphatic carbocycles. The topological polar surface area (TPSA) is 28.2 Å². The number of likely N-dealkylation sites (tertiary alicyclic amines) is 1. The molecule has 4 heteroatoms. The van der Waals surface area contributed by atoms with Gasteiger partial charge in [0.15, 0.2) is 0 Å². The summed E-state index contributed by atoms with van der Waals surface area (Å²) in [6.07, 6.45) is 5.85. The Kier molecular flexibility index (Phi) is 5.79. The minimum absolute atomic E-state index is 0.452. The third-order valence-electron chi connectivity index (χ3n) is 4.04. The highest BCUT2D eigenvalue weighted by Gasteiger charge is 2.30.